The molecule has 1 saturated heterocycles. The number of halogens is 1. The molecule has 0 saturated carbocycles. The quantitative estimate of drug-likeness (QED) is 0.654. The Bertz CT molecular complexity index is 826. The van der Waals surface area contributed by atoms with Crippen molar-refractivity contribution in [2.75, 3.05) is 37.0 Å². The molecular weight excluding hydrogens is 396 g/mol. The van der Waals surface area contributed by atoms with Gasteiger partial charge in [0.2, 0.25) is 0 Å². The number of rotatable bonds is 4. The van der Waals surface area contributed by atoms with E-state index < -0.39 is 18.6 Å². The second-order valence-corrected chi connectivity index (χ2v) is 6.20. The number of aliphatic hydroxyl groups excluding tert-OH is 1. The van der Waals surface area contributed by atoms with E-state index in [9.17, 15) is 9.59 Å². The fraction of sp³-hybridized carbons (Fsp3) is 0.357. The fourth-order valence-corrected chi connectivity index (χ4v) is 2.60. The van der Waals surface area contributed by atoms with Gasteiger partial charge in [-0.1, -0.05) is 0 Å². The van der Waals surface area contributed by atoms with Crippen LogP contribution in [0.4, 0.5) is 16.4 Å². The molecule has 2 aromatic heterocycles. The first kappa shape index (κ1) is 17.3. The molecule has 11 heteroatoms. The van der Waals surface area contributed by atoms with Gasteiger partial charge >= 0.3 is 6.09 Å². The Morgan fingerprint density at radius 3 is 2.88 bits per heavy atom. The molecule has 2 aromatic rings. The summed E-state index contributed by atoms with van der Waals surface area (Å²) in [5.41, 5.74) is 0.904. The first-order chi connectivity index (χ1) is 12.0. The fourth-order valence-electron chi connectivity index (χ4n) is 2.29. The second kappa shape index (κ2) is 7.15. The summed E-state index contributed by atoms with van der Waals surface area (Å²) in [4.78, 5) is 37.6. The number of fused-ring (bicyclic) bond motifs is 1. The van der Waals surface area contributed by atoms with E-state index in [4.69, 9.17) is 9.84 Å². The van der Waals surface area contributed by atoms with Crippen molar-refractivity contribution in [1.82, 2.24) is 20.3 Å². The van der Waals surface area contributed by atoms with Crippen molar-refractivity contribution >= 4 is 50.7 Å². The predicted molar refractivity (Wildman–Crippen MR) is 92.3 cm³/mol. The summed E-state index contributed by atoms with van der Waals surface area (Å²) in [6.45, 7) is 0.149. The van der Waals surface area contributed by atoms with Crippen LogP contribution in [0.3, 0.4) is 0 Å². The normalized spacial score (nSPS) is 14.1. The van der Waals surface area contributed by atoms with Gasteiger partial charge in [0, 0.05) is 17.7 Å². The molecule has 1 aliphatic rings. The zero-order valence-corrected chi connectivity index (χ0v) is 14.8. The molecule has 0 aliphatic carbocycles. The molecule has 0 unspecified atom stereocenters. The monoisotopic (exact) mass is 410 g/mol. The minimum absolute atomic E-state index is 0.213. The van der Waals surface area contributed by atoms with E-state index >= 15 is 0 Å². The smallest absolute Gasteiger partial charge is 0.407 e. The highest BCUT2D eigenvalue weighted by molar-refractivity contribution is 9.10. The molecule has 0 atom stereocenters. The first-order valence-electron chi connectivity index (χ1n) is 7.37. The molecule has 1 aliphatic heterocycles. The molecule has 3 N–H and O–H groups in total. The number of hydrogen-bond donors (Lipinski definition) is 3. The number of aliphatic hydroxyl groups is 1. The lowest BCUT2D eigenvalue weighted by molar-refractivity contribution is -0.118. The maximum Gasteiger partial charge on any atom is 0.407 e. The number of carbonyl (C=O) groups excluding carboxylic acids is 2. The molecule has 3 heterocycles. The third-order valence-corrected chi connectivity index (χ3v) is 3.93. The highest BCUT2D eigenvalue weighted by atomic mass is 79.9. The van der Waals surface area contributed by atoms with Crippen molar-refractivity contribution in [2.24, 2.45) is 0 Å². The second-order valence-electron chi connectivity index (χ2n) is 5.28. The maximum absolute atomic E-state index is 11.6. The lowest BCUT2D eigenvalue weighted by Crippen LogP contribution is -2.54. The predicted octanol–water partition coefficient (Wildman–Crippen LogP) is 0.263. The summed E-state index contributed by atoms with van der Waals surface area (Å²) in [7, 11) is 1.49. The van der Waals surface area contributed by atoms with Crippen LogP contribution in [0, 0.1) is 0 Å². The minimum atomic E-state index is -0.668. The van der Waals surface area contributed by atoms with E-state index in [1.165, 1.54) is 7.05 Å². The van der Waals surface area contributed by atoms with Gasteiger partial charge in [-0.25, -0.2) is 19.7 Å². The molecule has 1 fully saturated rings. The van der Waals surface area contributed by atoms with E-state index in [1.807, 2.05) is 0 Å². The molecule has 0 radical (unpaired) electrons. The van der Waals surface area contributed by atoms with Crippen LogP contribution in [-0.2, 0) is 9.53 Å². The van der Waals surface area contributed by atoms with Crippen LogP contribution in [-0.4, -0.2) is 64.9 Å². The molecule has 25 heavy (non-hydrogen) atoms. The number of pyridine rings is 1. The van der Waals surface area contributed by atoms with Crippen molar-refractivity contribution in [3.05, 3.63) is 16.7 Å². The molecule has 3 rings (SSSR count). The van der Waals surface area contributed by atoms with Crippen molar-refractivity contribution in [2.45, 2.75) is 6.10 Å². The Hall–Kier alpha value is -2.53. The van der Waals surface area contributed by atoms with E-state index in [0.29, 0.717) is 30.1 Å². The van der Waals surface area contributed by atoms with Crippen LogP contribution >= 0.6 is 15.9 Å². The Labute approximate surface area is 150 Å². The number of nitrogens with one attached hydrogen (secondary N) is 2. The maximum atomic E-state index is 11.6. The summed E-state index contributed by atoms with van der Waals surface area (Å²) in [6, 6.07) is 1.72. The Morgan fingerprint density at radius 2 is 2.20 bits per heavy atom. The summed E-state index contributed by atoms with van der Waals surface area (Å²) >= 11 is 3.31. The molecule has 10 nitrogen and oxygen atoms in total. The molecule has 2 amide bonds. The van der Waals surface area contributed by atoms with E-state index in [1.54, 1.807) is 17.2 Å². The van der Waals surface area contributed by atoms with Crippen LogP contribution in [0.25, 0.3) is 11.2 Å². The highest BCUT2D eigenvalue weighted by Crippen LogP contribution is 2.29. The largest absolute Gasteiger partial charge is 0.442 e. The Kier molecular flexibility index (Phi) is 4.95. The van der Waals surface area contributed by atoms with E-state index in [0.717, 1.165) is 4.47 Å². The lowest BCUT2D eigenvalue weighted by Gasteiger charge is -2.39. The number of hydrogen-bond acceptors (Lipinski definition) is 8. The van der Waals surface area contributed by atoms with Crippen LogP contribution in [0.5, 0.6) is 0 Å². The van der Waals surface area contributed by atoms with Crippen LogP contribution in [0.2, 0.25) is 0 Å². The minimum Gasteiger partial charge on any atom is -0.442 e. The van der Waals surface area contributed by atoms with E-state index in [2.05, 4.69) is 41.5 Å². The van der Waals surface area contributed by atoms with E-state index in [-0.39, 0.29) is 11.9 Å². The number of ether oxygens (including phenoxy) is 1. The number of alkyl carbamates (subject to hydrolysis) is 1. The van der Waals surface area contributed by atoms with Crippen molar-refractivity contribution in [3.63, 3.8) is 0 Å². The number of amides is 2. The van der Waals surface area contributed by atoms with Gasteiger partial charge in [-0.15, -0.1) is 0 Å². The first-order valence-corrected chi connectivity index (χ1v) is 8.16. The molecule has 0 aromatic carbocycles. The van der Waals surface area contributed by atoms with Gasteiger partial charge in [-0.3, -0.25) is 4.79 Å². The zero-order valence-electron chi connectivity index (χ0n) is 13.2. The third kappa shape index (κ3) is 3.77. The van der Waals surface area contributed by atoms with Gasteiger partial charge < -0.3 is 25.4 Å². The van der Waals surface area contributed by atoms with Gasteiger partial charge in [0.05, 0.1) is 13.1 Å². The van der Waals surface area contributed by atoms with Gasteiger partial charge in [0.15, 0.2) is 17.3 Å². The SMILES string of the molecule is CNC(=O)OC1CN(c2nc3ncc(Br)cc3nc2NC(=O)CO)C1. The van der Waals surface area contributed by atoms with Crippen molar-refractivity contribution in [1.29, 1.82) is 0 Å². The van der Waals surface area contributed by atoms with Gasteiger partial charge in [-0.05, 0) is 22.0 Å². The Morgan fingerprint density at radius 1 is 1.44 bits per heavy atom. The summed E-state index contributed by atoms with van der Waals surface area (Å²) in [5, 5.41) is 13.9. The average molecular weight is 411 g/mol. The third-order valence-electron chi connectivity index (χ3n) is 3.50. The van der Waals surface area contributed by atoms with Crippen LogP contribution in [0.1, 0.15) is 0 Å². The average Bonchev–Trinajstić information content (AvgIpc) is 2.57. The summed E-state index contributed by atoms with van der Waals surface area (Å²) in [5.74, 6) is 0.0160. The highest BCUT2D eigenvalue weighted by Gasteiger charge is 2.33. The standard InChI is InChI=1S/C14H15BrN6O4/c1-16-14(24)25-8-4-21(5-8)13-12(19-10(23)6-22)18-9-2-7(15)3-17-11(9)20-13/h2-3,8,22H,4-6H2,1H3,(H,16,24)(H,18,19,23). The van der Waals surface area contributed by atoms with Crippen molar-refractivity contribution in [3.8, 4) is 0 Å². The van der Waals surface area contributed by atoms with Crippen LogP contribution < -0.4 is 15.5 Å². The Balaban J connectivity index is 1.87. The van der Waals surface area contributed by atoms with Gasteiger partial charge in [-0.2, -0.15) is 0 Å². The summed E-state index contributed by atoms with van der Waals surface area (Å²) in [6.07, 6.45) is 0.812. The van der Waals surface area contributed by atoms with Crippen LogP contribution in [0.15, 0.2) is 16.7 Å². The molecular formula is C14H15BrN6O4. The summed E-state index contributed by atoms with van der Waals surface area (Å²) < 4.78 is 5.87. The van der Waals surface area contributed by atoms with Gasteiger partial charge in [0.25, 0.3) is 5.91 Å². The number of carbonyl (C=O) groups is 2. The number of anilines is 2. The topological polar surface area (TPSA) is 130 Å². The number of aromatic nitrogens is 3. The number of nitrogens with zero attached hydrogens (tertiary/aromatic N) is 4. The molecule has 132 valence electrons. The van der Waals surface area contributed by atoms with Gasteiger partial charge in [0.1, 0.15) is 18.2 Å². The zero-order chi connectivity index (χ0) is 18.0. The molecule has 0 spiro atoms. The lowest BCUT2D eigenvalue weighted by atomic mass is 10.1. The molecule has 0 bridgehead atoms. The van der Waals surface area contributed by atoms with Crippen molar-refractivity contribution < 1.29 is 19.4 Å².